The lowest BCUT2D eigenvalue weighted by Crippen LogP contribution is -2.64. The van der Waals surface area contributed by atoms with Gasteiger partial charge in [0.1, 0.15) is 0 Å². The van der Waals surface area contributed by atoms with E-state index in [1.165, 1.54) is 19.3 Å². The summed E-state index contributed by atoms with van der Waals surface area (Å²) in [6.07, 6.45) is 6.24. The number of carbonyl (C=O) groups excluding carboxylic acids is 2. The summed E-state index contributed by atoms with van der Waals surface area (Å²) in [5, 5.41) is 16.2. The van der Waals surface area contributed by atoms with Crippen molar-refractivity contribution in [1.29, 1.82) is 0 Å². The van der Waals surface area contributed by atoms with E-state index in [0.29, 0.717) is 61.9 Å². The van der Waals surface area contributed by atoms with Crippen molar-refractivity contribution < 1.29 is 27.9 Å². The van der Waals surface area contributed by atoms with Crippen LogP contribution in [0.25, 0.3) is 0 Å². The van der Waals surface area contributed by atoms with Crippen molar-refractivity contribution in [3.05, 3.63) is 0 Å². The summed E-state index contributed by atoms with van der Waals surface area (Å²) in [7, 11) is 0. The van der Waals surface area contributed by atoms with Gasteiger partial charge in [0.2, 0.25) is 11.8 Å². The molecule has 3 aliphatic heterocycles. The summed E-state index contributed by atoms with van der Waals surface area (Å²) in [5.74, 6) is -1.10. The summed E-state index contributed by atoms with van der Waals surface area (Å²) < 4.78 is 42.5. The Morgan fingerprint density at radius 1 is 0.915 bits per heavy atom. The van der Waals surface area contributed by atoms with Gasteiger partial charge in [0.25, 0.3) is 0 Å². The molecule has 47 heavy (non-hydrogen) atoms. The van der Waals surface area contributed by atoms with Crippen molar-refractivity contribution in [2.75, 3.05) is 45.9 Å². The van der Waals surface area contributed by atoms with E-state index in [1.54, 1.807) is 0 Å². The normalized spacial score (nSPS) is 40.2. The predicted molar refractivity (Wildman–Crippen MR) is 175 cm³/mol. The molecule has 0 aromatic rings. The van der Waals surface area contributed by atoms with Gasteiger partial charge in [-0.25, -0.2) is 0 Å². The first-order chi connectivity index (χ1) is 22.5. The van der Waals surface area contributed by atoms with Gasteiger partial charge < -0.3 is 20.6 Å². The Balaban J connectivity index is 1.12. The lowest BCUT2D eigenvalue weighted by Gasteiger charge is -2.54. The zero-order valence-corrected chi connectivity index (χ0v) is 28.7. The molecule has 0 bridgehead atoms. The van der Waals surface area contributed by atoms with E-state index in [1.807, 2.05) is 0 Å². The second-order valence-corrected chi connectivity index (χ2v) is 16.3. The van der Waals surface area contributed by atoms with Crippen LogP contribution in [0.4, 0.5) is 13.2 Å². The van der Waals surface area contributed by atoms with Gasteiger partial charge in [-0.1, -0.05) is 26.2 Å². The second kappa shape index (κ2) is 15.2. The Labute approximate surface area is 279 Å². The number of hydrogen-bond acceptors (Lipinski definition) is 6. The Hall–Kier alpha value is -1.43. The lowest BCUT2D eigenvalue weighted by molar-refractivity contribution is -0.192. The van der Waals surface area contributed by atoms with E-state index < -0.39 is 18.0 Å². The van der Waals surface area contributed by atoms with Crippen LogP contribution in [0.5, 0.6) is 0 Å². The monoisotopic (exact) mass is 667 g/mol. The molecule has 6 aliphatic rings. The number of nitrogens with zero attached hydrogens (tertiary/aromatic N) is 3. The number of halogens is 3. The number of aliphatic hydroxyl groups is 1. The van der Waals surface area contributed by atoms with E-state index in [-0.39, 0.29) is 49.3 Å². The first-order valence-corrected chi connectivity index (χ1v) is 19.0. The highest BCUT2D eigenvalue weighted by Crippen LogP contribution is 2.46. The average Bonchev–Trinajstić information content (AvgIpc) is 3.06. The fraction of sp³-hybridized carbons (Fsp3) is 0.944. The number of fused-ring (bicyclic) bond motifs is 1. The topological polar surface area (TPSA) is 88.1 Å². The molecule has 3 aliphatic carbocycles. The maximum Gasteiger partial charge on any atom is 0.391 e. The highest BCUT2D eigenvalue weighted by molar-refractivity contribution is 5.81. The molecule has 3 N–H and O–H groups in total. The van der Waals surface area contributed by atoms with Gasteiger partial charge in [-0.15, -0.1) is 0 Å². The number of piperazine rings is 1. The third-order valence-corrected chi connectivity index (χ3v) is 13.3. The van der Waals surface area contributed by atoms with Gasteiger partial charge in [-0.3, -0.25) is 19.4 Å². The van der Waals surface area contributed by atoms with E-state index >= 15 is 0 Å². The first kappa shape index (κ1) is 35.4. The number of likely N-dealkylation sites (tertiary alicyclic amines) is 1. The van der Waals surface area contributed by atoms with Crippen LogP contribution in [0.1, 0.15) is 97.3 Å². The number of hydrogen-bond donors (Lipinski definition) is 3. The summed E-state index contributed by atoms with van der Waals surface area (Å²) in [5.41, 5.74) is 0. The molecule has 0 radical (unpaired) electrons. The van der Waals surface area contributed by atoms with Crippen molar-refractivity contribution in [3.63, 3.8) is 0 Å². The van der Waals surface area contributed by atoms with Gasteiger partial charge in [0, 0.05) is 81.3 Å². The van der Waals surface area contributed by atoms with Crippen LogP contribution in [-0.2, 0) is 9.59 Å². The molecule has 3 saturated carbocycles. The molecule has 0 aromatic heterocycles. The fourth-order valence-electron chi connectivity index (χ4n) is 10.6. The van der Waals surface area contributed by atoms with Crippen molar-refractivity contribution >= 4 is 11.8 Å². The van der Waals surface area contributed by atoms with Crippen molar-refractivity contribution in [1.82, 2.24) is 25.3 Å². The number of alkyl halides is 3. The Morgan fingerprint density at radius 3 is 2.36 bits per heavy atom. The average molecular weight is 668 g/mol. The third-order valence-electron chi connectivity index (χ3n) is 13.3. The smallest absolute Gasteiger partial charge is 0.391 e. The first-order valence-electron chi connectivity index (χ1n) is 19.0. The number of rotatable bonds is 7. The molecule has 268 valence electrons. The number of carbonyl (C=O) groups is 2. The molecule has 3 saturated heterocycles. The quantitative estimate of drug-likeness (QED) is 0.373. The highest BCUT2D eigenvalue weighted by atomic mass is 19.4. The number of β-amino-alcohol motifs (C(OH)–C–C–N with tert-alkyl or cyclic N) is 1. The fourth-order valence-corrected chi connectivity index (χ4v) is 10.6. The van der Waals surface area contributed by atoms with Gasteiger partial charge >= 0.3 is 6.18 Å². The summed E-state index contributed by atoms with van der Waals surface area (Å²) in [6.45, 7) is 8.86. The van der Waals surface area contributed by atoms with E-state index in [9.17, 15) is 27.9 Å². The molecule has 8 nitrogen and oxygen atoms in total. The minimum absolute atomic E-state index is 0.0490. The van der Waals surface area contributed by atoms with Crippen LogP contribution in [0.2, 0.25) is 0 Å². The zero-order chi connectivity index (χ0) is 33.3. The summed E-state index contributed by atoms with van der Waals surface area (Å²) >= 11 is 0. The molecule has 11 heteroatoms. The zero-order valence-electron chi connectivity index (χ0n) is 28.7. The largest absolute Gasteiger partial charge is 0.395 e. The molecule has 3 heterocycles. The van der Waals surface area contributed by atoms with E-state index in [2.05, 4.69) is 39.2 Å². The summed E-state index contributed by atoms with van der Waals surface area (Å²) in [6, 6.07) is 0.684. The van der Waals surface area contributed by atoms with Crippen LogP contribution in [0.15, 0.2) is 0 Å². The van der Waals surface area contributed by atoms with Crippen LogP contribution < -0.4 is 10.6 Å². The maximum atomic E-state index is 14.5. The second-order valence-electron chi connectivity index (χ2n) is 16.3. The van der Waals surface area contributed by atoms with Crippen LogP contribution >= 0.6 is 0 Å². The van der Waals surface area contributed by atoms with Crippen molar-refractivity contribution in [3.8, 4) is 0 Å². The number of aliphatic hydroxyl groups excluding tert-OH is 1. The van der Waals surface area contributed by atoms with Gasteiger partial charge in [0.15, 0.2) is 0 Å². The molecule has 2 amide bonds. The molecule has 0 spiro atoms. The van der Waals surface area contributed by atoms with E-state index in [4.69, 9.17) is 0 Å². The van der Waals surface area contributed by atoms with Gasteiger partial charge in [0.05, 0.1) is 12.5 Å². The standard InChI is InChI=1S/C36H60F3N5O3/c1-23-8-9-28(21-31(23)32-19-26-22-40-24(2)16-33(26)44(35(32)47)29-6-4-3-5-7-29)41-34(46)25-17-27(36(37,38)39)20-30(18-25)43-12-10-42(11-13-43)14-15-45/h23-33,40,45H,3-22H2,1-2H3,(H,41,46). The van der Waals surface area contributed by atoms with Crippen molar-refractivity contribution in [2.24, 2.45) is 35.5 Å². The van der Waals surface area contributed by atoms with E-state index in [0.717, 1.165) is 64.6 Å². The molecule has 0 aromatic carbocycles. The number of piperidine rings is 2. The van der Waals surface area contributed by atoms with Crippen LogP contribution in [0.3, 0.4) is 0 Å². The van der Waals surface area contributed by atoms with Crippen LogP contribution in [0, 0.1) is 35.5 Å². The van der Waals surface area contributed by atoms with Gasteiger partial charge in [-0.05, 0) is 88.9 Å². The molecule has 6 fully saturated rings. The molecular weight excluding hydrogens is 607 g/mol. The maximum absolute atomic E-state index is 14.5. The SMILES string of the molecule is CC1CC2C(CN1)CC(C1CC(NC(=O)C3CC(N4CCN(CCO)CC4)CC(C(F)(F)F)C3)CCC1C)C(=O)N2C1CCCCC1. The Bertz CT molecular complexity index is 1060. The Kier molecular flexibility index (Phi) is 11.5. The minimum Gasteiger partial charge on any atom is -0.395 e. The lowest BCUT2D eigenvalue weighted by atomic mass is 9.65. The van der Waals surface area contributed by atoms with Gasteiger partial charge in [-0.2, -0.15) is 13.2 Å². The van der Waals surface area contributed by atoms with Crippen molar-refractivity contribution in [2.45, 2.75) is 134 Å². The van der Waals surface area contributed by atoms with Crippen LogP contribution in [-0.4, -0.2) is 114 Å². The Morgan fingerprint density at radius 2 is 1.66 bits per heavy atom. The number of amides is 2. The number of nitrogens with one attached hydrogen (secondary N) is 2. The minimum atomic E-state index is -4.32. The molecular formula is C36H60F3N5O3. The molecule has 6 rings (SSSR count). The highest BCUT2D eigenvalue weighted by Gasteiger charge is 2.51. The predicted octanol–water partition coefficient (Wildman–Crippen LogP) is 4.41. The molecule has 10 atom stereocenters. The third kappa shape index (κ3) is 8.15. The summed E-state index contributed by atoms with van der Waals surface area (Å²) in [4.78, 5) is 34.9. The molecule has 10 unspecified atom stereocenters.